The number of allylic oxidation sites excluding steroid dienone is 1. The second kappa shape index (κ2) is 16.3. The van der Waals surface area contributed by atoms with Crippen LogP contribution in [0.2, 0.25) is 0 Å². The maximum absolute atomic E-state index is 13.4. The number of carbonyl (C=O) groups excluding carboxylic acids is 2. The number of Topliss-reactive ketones (excluding diaryl/α,β-unsaturated/α-hetero) is 1. The van der Waals surface area contributed by atoms with Crippen LogP contribution in [0.4, 0.5) is 0 Å². The van der Waals surface area contributed by atoms with Gasteiger partial charge in [-0.2, -0.15) is 0 Å². The monoisotopic (exact) mass is 539 g/mol. The zero-order valence-corrected chi connectivity index (χ0v) is 24.8. The lowest BCUT2D eigenvalue weighted by Gasteiger charge is -2.41. The van der Waals surface area contributed by atoms with E-state index in [-0.39, 0.29) is 35.5 Å². The molecular formula is C34H53NO4. The van der Waals surface area contributed by atoms with Gasteiger partial charge in [0.25, 0.3) is 0 Å². The van der Waals surface area contributed by atoms with E-state index in [4.69, 9.17) is 4.74 Å². The molecule has 39 heavy (non-hydrogen) atoms. The van der Waals surface area contributed by atoms with Gasteiger partial charge in [-0.15, -0.1) is 0 Å². The Morgan fingerprint density at radius 2 is 1.87 bits per heavy atom. The minimum Gasteiger partial charge on any atom is -0.389 e. The van der Waals surface area contributed by atoms with E-state index in [0.717, 1.165) is 77.0 Å². The third-order valence-electron chi connectivity index (χ3n) is 8.62. The largest absolute Gasteiger partial charge is 0.389 e. The second-order valence-corrected chi connectivity index (χ2v) is 12.4. The first-order chi connectivity index (χ1) is 18.8. The van der Waals surface area contributed by atoms with E-state index in [0.29, 0.717) is 31.8 Å². The standard InChI is InChI=1S/C34H53NO4/c1-4-5-9-16-30(36)21-19-28-20-22-32(37)31(28)17-12-6-7-13-18-33(38)35(26-27-14-10-8-11-15-27)29-23-24-39-34(2,3)25-29/h8,10-11,14-15,19,21,28-31,36H,4-7,9,12-13,16-18,20,22-26H2,1-3H3/t28-,29-,30+,31-/m1/s1. The third-order valence-corrected chi connectivity index (χ3v) is 8.62. The highest BCUT2D eigenvalue weighted by Crippen LogP contribution is 2.34. The van der Waals surface area contributed by atoms with Crippen LogP contribution in [0, 0.1) is 11.8 Å². The molecule has 218 valence electrons. The number of hydrogen-bond acceptors (Lipinski definition) is 4. The number of nitrogens with zero attached hydrogens (tertiary/aromatic N) is 1. The van der Waals surface area contributed by atoms with Gasteiger partial charge in [-0.05, 0) is 63.9 Å². The number of amides is 1. The second-order valence-electron chi connectivity index (χ2n) is 12.4. The Hall–Kier alpha value is -1.98. The number of rotatable bonds is 16. The van der Waals surface area contributed by atoms with Crippen molar-refractivity contribution in [1.29, 1.82) is 0 Å². The van der Waals surface area contributed by atoms with Crippen LogP contribution in [0.1, 0.15) is 116 Å². The molecule has 0 bridgehead atoms. The van der Waals surface area contributed by atoms with Gasteiger partial charge in [-0.3, -0.25) is 9.59 Å². The molecule has 1 aliphatic heterocycles. The Morgan fingerprint density at radius 3 is 2.62 bits per heavy atom. The number of ketones is 1. The van der Waals surface area contributed by atoms with E-state index in [1.165, 1.54) is 5.56 Å². The lowest BCUT2D eigenvalue weighted by atomic mass is 9.89. The zero-order chi connectivity index (χ0) is 28.1. The summed E-state index contributed by atoms with van der Waals surface area (Å²) in [6.07, 6.45) is 16.6. The third kappa shape index (κ3) is 10.8. The van der Waals surface area contributed by atoms with Crippen LogP contribution >= 0.6 is 0 Å². The summed E-state index contributed by atoms with van der Waals surface area (Å²) in [6.45, 7) is 7.77. The smallest absolute Gasteiger partial charge is 0.223 e. The summed E-state index contributed by atoms with van der Waals surface area (Å²) < 4.78 is 5.93. The number of unbranched alkanes of at least 4 members (excludes halogenated alkanes) is 5. The Labute approximate surface area is 237 Å². The minimum absolute atomic E-state index is 0.101. The Balaban J connectivity index is 1.42. The van der Waals surface area contributed by atoms with Crippen LogP contribution in [-0.4, -0.2) is 46.1 Å². The van der Waals surface area contributed by atoms with E-state index in [1.807, 2.05) is 24.3 Å². The van der Waals surface area contributed by atoms with Crippen LogP contribution in [0.15, 0.2) is 42.5 Å². The van der Waals surface area contributed by atoms with Crippen molar-refractivity contribution in [1.82, 2.24) is 4.90 Å². The Morgan fingerprint density at radius 1 is 1.10 bits per heavy atom. The van der Waals surface area contributed by atoms with Crippen molar-refractivity contribution in [2.75, 3.05) is 6.61 Å². The van der Waals surface area contributed by atoms with Crippen molar-refractivity contribution in [2.24, 2.45) is 11.8 Å². The van der Waals surface area contributed by atoms with E-state index in [9.17, 15) is 14.7 Å². The highest BCUT2D eigenvalue weighted by Gasteiger charge is 2.34. The lowest BCUT2D eigenvalue weighted by molar-refractivity contribution is -0.141. The lowest BCUT2D eigenvalue weighted by Crippen LogP contribution is -2.48. The average molecular weight is 540 g/mol. The van der Waals surface area contributed by atoms with Gasteiger partial charge in [0.1, 0.15) is 5.78 Å². The summed E-state index contributed by atoms with van der Waals surface area (Å²) in [4.78, 5) is 28.0. The number of hydrogen-bond donors (Lipinski definition) is 1. The molecule has 2 aliphatic rings. The first kappa shape index (κ1) is 31.5. The molecule has 4 atom stereocenters. The van der Waals surface area contributed by atoms with Gasteiger partial charge in [-0.1, -0.05) is 87.9 Å². The number of aliphatic hydroxyl groups excluding tert-OH is 1. The van der Waals surface area contributed by atoms with Crippen LogP contribution in [-0.2, 0) is 20.9 Å². The fraction of sp³-hybridized carbons (Fsp3) is 0.706. The van der Waals surface area contributed by atoms with Gasteiger partial charge in [0.05, 0.1) is 11.7 Å². The molecular weight excluding hydrogens is 486 g/mol. The minimum atomic E-state index is -0.390. The van der Waals surface area contributed by atoms with Crippen molar-refractivity contribution < 1.29 is 19.4 Å². The van der Waals surface area contributed by atoms with Crippen LogP contribution in [0.3, 0.4) is 0 Å². The van der Waals surface area contributed by atoms with Gasteiger partial charge < -0.3 is 14.7 Å². The number of carbonyl (C=O) groups is 2. The molecule has 0 spiro atoms. The topological polar surface area (TPSA) is 66.8 Å². The van der Waals surface area contributed by atoms with Crippen molar-refractivity contribution in [3.05, 3.63) is 48.0 Å². The van der Waals surface area contributed by atoms with Crippen molar-refractivity contribution in [3.8, 4) is 0 Å². The molecule has 1 aromatic rings. The predicted molar refractivity (Wildman–Crippen MR) is 158 cm³/mol. The molecule has 1 amide bonds. The Kier molecular flexibility index (Phi) is 13.2. The molecule has 0 aromatic heterocycles. The number of ether oxygens (including phenoxy) is 1. The quantitative estimate of drug-likeness (QED) is 0.175. The number of benzene rings is 1. The summed E-state index contributed by atoms with van der Waals surface area (Å²) in [6, 6.07) is 10.5. The molecule has 1 aliphatic carbocycles. The molecule has 1 N–H and O–H groups in total. The molecule has 5 nitrogen and oxygen atoms in total. The van der Waals surface area contributed by atoms with E-state index in [2.05, 4.69) is 43.9 Å². The first-order valence-corrected chi connectivity index (χ1v) is 15.7. The van der Waals surface area contributed by atoms with Crippen molar-refractivity contribution >= 4 is 11.7 Å². The predicted octanol–water partition coefficient (Wildman–Crippen LogP) is 7.41. The highest BCUT2D eigenvalue weighted by atomic mass is 16.5. The molecule has 1 heterocycles. The summed E-state index contributed by atoms with van der Waals surface area (Å²) >= 11 is 0. The zero-order valence-electron chi connectivity index (χ0n) is 24.8. The first-order valence-electron chi connectivity index (χ1n) is 15.7. The summed E-state index contributed by atoms with van der Waals surface area (Å²) in [5, 5.41) is 10.2. The van der Waals surface area contributed by atoms with Gasteiger partial charge in [0, 0.05) is 38.0 Å². The van der Waals surface area contributed by atoms with Gasteiger partial charge in [-0.25, -0.2) is 0 Å². The average Bonchev–Trinajstić information content (AvgIpc) is 3.27. The highest BCUT2D eigenvalue weighted by molar-refractivity contribution is 5.83. The molecule has 0 radical (unpaired) electrons. The van der Waals surface area contributed by atoms with E-state index in [1.54, 1.807) is 0 Å². The summed E-state index contributed by atoms with van der Waals surface area (Å²) in [7, 11) is 0. The fourth-order valence-corrected chi connectivity index (χ4v) is 6.31. The molecule has 1 saturated heterocycles. The summed E-state index contributed by atoms with van der Waals surface area (Å²) in [5.41, 5.74) is 0.976. The van der Waals surface area contributed by atoms with E-state index >= 15 is 0 Å². The summed E-state index contributed by atoms with van der Waals surface area (Å²) in [5.74, 6) is 1.01. The van der Waals surface area contributed by atoms with Crippen molar-refractivity contribution in [2.45, 2.75) is 135 Å². The maximum atomic E-state index is 13.4. The SMILES string of the molecule is CCCCC[C@H](O)C=C[C@@H]1CCC(=O)[C@@H]1CCCCCCC(=O)N(Cc1ccccc1)[C@@H]1CCOC(C)(C)C1. The number of aliphatic hydroxyl groups is 1. The molecule has 0 unspecified atom stereocenters. The van der Waals surface area contributed by atoms with E-state index < -0.39 is 0 Å². The molecule has 2 fully saturated rings. The normalized spacial score (nSPS) is 23.8. The molecule has 5 heteroatoms. The fourth-order valence-electron chi connectivity index (χ4n) is 6.31. The molecule has 3 rings (SSSR count). The van der Waals surface area contributed by atoms with Gasteiger partial charge in [0.15, 0.2) is 0 Å². The molecule has 1 aromatic carbocycles. The maximum Gasteiger partial charge on any atom is 0.223 e. The molecule has 1 saturated carbocycles. The van der Waals surface area contributed by atoms with Crippen LogP contribution in [0.25, 0.3) is 0 Å². The van der Waals surface area contributed by atoms with Crippen molar-refractivity contribution in [3.63, 3.8) is 0 Å². The van der Waals surface area contributed by atoms with Gasteiger partial charge in [0.2, 0.25) is 5.91 Å². The Bertz CT molecular complexity index is 896. The van der Waals surface area contributed by atoms with Crippen LogP contribution < -0.4 is 0 Å². The van der Waals surface area contributed by atoms with Gasteiger partial charge >= 0.3 is 0 Å². The van der Waals surface area contributed by atoms with Crippen LogP contribution in [0.5, 0.6) is 0 Å².